The normalized spacial score (nSPS) is 23.2. The van der Waals surface area contributed by atoms with E-state index in [1.54, 1.807) is 24.4 Å². The average molecular weight is 653 g/mol. The van der Waals surface area contributed by atoms with E-state index in [0.717, 1.165) is 64.3 Å². The summed E-state index contributed by atoms with van der Waals surface area (Å²) in [6, 6.07) is 10.5. The molecule has 2 amide bonds. The minimum absolute atomic E-state index is 0.108. The molecule has 12 heteroatoms. The molecule has 1 aromatic carbocycles. The fourth-order valence-electron chi connectivity index (χ4n) is 7.57. The topological polar surface area (TPSA) is 140 Å². The third-order valence-electron chi connectivity index (χ3n) is 9.84. The van der Waals surface area contributed by atoms with Gasteiger partial charge in [0.15, 0.2) is 0 Å². The second-order valence-electron chi connectivity index (χ2n) is 14.0. The summed E-state index contributed by atoms with van der Waals surface area (Å²) in [4.78, 5) is 32.8. The van der Waals surface area contributed by atoms with Crippen molar-refractivity contribution in [2.24, 2.45) is 16.7 Å². The molecule has 0 radical (unpaired) electrons. The van der Waals surface area contributed by atoms with Crippen LogP contribution in [0.1, 0.15) is 58.9 Å². The number of hydrogen-bond donors (Lipinski definition) is 3. The van der Waals surface area contributed by atoms with E-state index in [2.05, 4.69) is 54.3 Å². The second kappa shape index (κ2) is 14.0. The molecule has 248 valence electrons. The molecule has 1 saturated carbocycles. The van der Waals surface area contributed by atoms with E-state index in [1.807, 2.05) is 17.0 Å². The van der Waals surface area contributed by atoms with Gasteiger partial charge in [-0.1, -0.05) is 39.3 Å². The van der Waals surface area contributed by atoms with Gasteiger partial charge in [0.05, 0.1) is 35.1 Å². The highest BCUT2D eigenvalue weighted by Gasteiger charge is 2.64. The van der Waals surface area contributed by atoms with Crippen LogP contribution in [0.15, 0.2) is 36.5 Å². The number of urea groups is 1. The molecule has 11 nitrogen and oxygen atoms in total. The van der Waals surface area contributed by atoms with Gasteiger partial charge in [0, 0.05) is 55.7 Å². The Morgan fingerprint density at radius 2 is 1.76 bits per heavy atom. The van der Waals surface area contributed by atoms with Crippen LogP contribution in [0, 0.1) is 28.1 Å². The summed E-state index contributed by atoms with van der Waals surface area (Å²) >= 11 is 6.21. The number of aliphatic carboxylic acids is 1. The number of carbonyl (C=O) groups excluding carboxylic acids is 1. The predicted molar refractivity (Wildman–Crippen MR) is 176 cm³/mol. The number of likely N-dealkylation sites (tertiary alicyclic amines) is 1. The van der Waals surface area contributed by atoms with E-state index in [1.165, 1.54) is 0 Å². The third-order valence-corrected chi connectivity index (χ3v) is 10.1. The number of aromatic nitrogens is 1. The molecule has 46 heavy (non-hydrogen) atoms. The fraction of sp³-hybridized carbons (Fsp3) is 0.588. The first-order valence-corrected chi connectivity index (χ1v) is 16.4. The molecule has 3 fully saturated rings. The molecule has 3 N–H and O–H groups in total. The van der Waals surface area contributed by atoms with Crippen LogP contribution in [-0.2, 0) is 9.53 Å². The number of carboxylic acid groups (broad SMARTS) is 1. The number of halogens is 1. The SMILES string of the molecule is CC1(C)C(NC(=O)Nc2ccc(N3CCC(COC4CCN(CC(=O)O)CC4)CC3)nc2)C(C)(C)C1Oc1ccc(C#N)c(Cl)c1. The van der Waals surface area contributed by atoms with Crippen molar-refractivity contribution in [1.82, 2.24) is 15.2 Å². The van der Waals surface area contributed by atoms with Crippen molar-refractivity contribution < 1.29 is 24.2 Å². The number of piperidine rings is 2. The lowest BCUT2D eigenvalue weighted by molar-refractivity contribution is -0.163. The maximum Gasteiger partial charge on any atom is 0.319 e. The van der Waals surface area contributed by atoms with Gasteiger partial charge >= 0.3 is 12.0 Å². The van der Waals surface area contributed by atoms with Crippen LogP contribution in [0.4, 0.5) is 16.3 Å². The van der Waals surface area contributed by atoms with Crippen LogP contribution in [-0.4, -0.2) is 84.6 Å². The third kappa shape index (κ3) is 7.68. The van der Waals surface area contributed by atoms with Crippen molar-refractivity contribution in [3.05, 3.63) is 47.1 Å². The van der Waals surface area contributed by atoms with Gasteiger partial charge in [0.1, 0.15) is 23.7 Å². The smallest absolute Gasteiger partial charge is 0.319 e. The Hall–Kier alpha value is -3.59. The molecule has 0 spiro atoms. The molecular weight excluding hydrogens is 608 g/mol. The van der Waals surface area contributed by atoms with Crippen LogP contribution in [0.5, 0.6) is 5.75 Å². The maximum atomic E-state index is 13.0. The van der Waals surface area contributed by atoms with Gasteiger partial charge in [-0.15, -0.1) is 0 Å². The van der Waals surface area contributed by atoms with Gasteiger partial charge in [-0.25, -0.2) is 9.78 Å². The summed E-state index contributed by atoms with van der Waals surface area (Å²) in [5.74, 6) is 1.21. The van der Waals surface area contributed by atoms with E-state index in [4.69, 9.17) is 31.4 Å². The number of nitrogens with one attached hydrogen (secondary N) is 2. The Bertz CT molecular complexity index is 1410. The van der Waals surface area contributed by atoms with Gasteiger partial charge in [-0.05, 0) is 55.9 Å². The minimum atomic E-state index is -0.774. The summed E-state index contributed by atoms with van der Waals surface area (Å²) in [5, 5.41) is 24.5. The Kier molecular flexibility index (Phi) is 10.3. The molecule has 2 aliphatic heterocycles. The Morgan fingerprint density at radius 1 is 1.07 bits per heavy atom. The van der Waals surface area contributed by atoms with E-state index in [-0.39, 0.29) is 41.7 Å². The van der Waals surface area contributed by atoms with Gasteiger partial charge < -0.3 is 30.1 Å². The zero-order valence-electron chi connectivity index (χ0n) is 27.1. The molecule has 3 heterocycles. The molecule has 0 unspecified atom stereocenters. The highest BCUT2D eigenvalue weighted by atomic mass is 35.5. The molecule has 0 bridgehead atoms. The van der Waals surface area contributed by atoms with E-state index in [0.29, 0.717) is 27.9 Å². The zero-order chi connectivity index (χ0) is 33.1. The van der Waals surface area contributed by atoms with Gasteiger partial charge in [0.2, 0.25) is 0 Å². The molecule has 2 aromatic rings. The number of nitriles is 1. The van der Waals surface area contributed by atoms with Crippen molar-refractivity contribution in [2.45, 2.75) is 71.6 Å². The molecule has 2 saturated heterocycles. The maximum absolute atomic E-state index is 13.0. The molecule has 0 atom stereocenters. The molecule has 5 rings (SSSR count). The van der Waals surface area contributed by atoms with Crippen molar-refractivity contribution in [3.63, 3.8) is 0 Å². The van der Waals surface area contributed by atoms with Crippen LogP contribution >= 0.6 is 11.6 Å². The minimum Gasteiger partial charge on any atom is -0.489 e. The number of benzene rings is 1. The number of carboxylic acids is 1. The number of nitrogens with zero attached hydrogens (tertiary/aromatic N) is 4. The first-order chi connectivity index (χ1) is 21.9. The molecule has 3 aliphatic rings. The zero-order valence-corrected chi connectivity index (χ0v) is 27.8. The number of pyridine rings is 1. The molecule has 1 aromatic heterocycles. The predicted octanol–water partition coefficient (Wildman–Crippen LogP) is 5.39. The van der Waals surface area contributed by atoms with Crippen molar-refractivity contribution in [3.8, 4) is 11.8 Å². The largest absolute Gasteiger partial charge is 0.489 e. The Labute approximate surface area is 276 Å². The monoisotopic (exact) mass is 652 g/mol. The van der Waals surface area contributed by atoms with Crippen molar-refractivity contribution in [1.29, 1.82) is 5.26 Å². The summed E-state index contributed by atoms with van der Waals surface area (Å²) < 4.78 is 12.5. The van der Waals surface area contributed by atoms with Gasteiger partial charge in [-0.2, -0.15) is 5.26 Å². The van der Waals surface area contributed by atoms with Gasteiger partial charge in [0.25, 0.3) is 0 Å². The first kappa shape index (κ1) is 33.8. The van der Waals surface area contributed by atoms with Crippen LogP contribution in [0.3, 0.4) is 0 Å². The standard InChI is InChI=1S/C34H45ClN6O5/c1-33(2)30(34(3,4)31(33)46-26-7-5-23(18-36)27(35)17-26)39-32(44)38-24-6-8-28(37-19-24)41-15-9-22(10-16-41)21-45-25-11-13-40(14-12-25)20-29(42)43/h5-8,17,19,22,25,30-31H,9-16,20-21H2,1-4H3,(H,42,43)(H2,38,39,44). The number of amides is 2. The summed E-state index contributed by atoms with van der Waals surface area (Å²) in [6.07, 6.45) is 5.54. The quantitative estimate of drug-likeness (QED) is 0.308. The van der Waals surface area contributed by atoms with Crippen molar-refractivity contribution in [2.75, 3.05) is 49.5 Å². The summed E-state index contributed by atoms with van der Waals surface area (Å²) in [5.41, 5.74) is 0.296. The lowest BCUT2D eigenvalue weighted by Crippen LogP contribution is -2.75. The number of rotatable bonds is 10. The van der Waals surface area contributed by atoms with E-state index >= 15 is 0 Å². The van der Waals surface area contributed by atoms with E-state index < -0.39 is 5.97 Å². The average Bonchev–Trinajstić information content (AvgIpc) is 3.02. The first-order valence-electron chi connectivity index (χ1n) is 16.1. The number of carbonyl (C=O) groups is 2. The highest BCUT2D eigenvalue weighted by molar-refractivity contribution is 6.31. The number of hydrogen-bond acceptors (Lipinski definition) is 8. The highest BCUT2D eigenvalue weighted by Crippen LogP contribution is 2.55. The lowest BCUT2D eigenvalue weighted by Gasteiger charge is -2.63. The van der Waals surface area contributed by atoms with Crippen LogP contribution < -0.4 is 20.3 Å². The van der Waals surface area contributed by atoms with Crippen LogP contribution in [0.25, 0.3) is 0 Å². The van der Waals surface area contributed by atoms with Crippen molar-refractivity contribution >= 4 is 35.1 Å². The Morgan fingerprint density at radius 3 is 2.35 bits per heavy atom. The molecular formula is C34H45ClN6O5. The van der Waals surface area contributed by atoms with Gasteiger partial charge in [-0.3, -0.25) is 9.69 Å². The Balaban J connectivity index is 1.05. The second-order valence-corrected chi connectivity index (χ2v) is 14.4. The van der Waals surface area contributed by atoms with E-state index in [9.17, 15) is 9.59 Å². The lowest BCUT2D eigenvalue weighted by atomic mass is 9.49. The number of ether oxygens (including phenoxy) is 2. The summed E-state index contributed by atoms with van der Waals surface area (Å²) in [6.45, 7) is 12.5. The summed E-state index contributed by atoms with van der Waals surface area (Å²) in [7, 11) is 0. The number of anilines is 2. The molecule has 1 aliphatic carbocycles. The fourth-order valence-corrected chi connectivity index (χ4v) is 7.78. The van der Waals surface area contributed by atoms with Crippen LogP contribution in [0.2, 0.25) is 5.02 Å².